The van der Waals surface area contributed by atoms with Crippen LogP contribution in [0.25, 0.3) is 0 Å². The third-order valence-electron chi connectivity index (χ3n) is 2.85. The van der Waals surface area contributed by atoms with Gasteiger partial charge in [-0.1, -0.05) is 0 Å². The summed E-state index contributed by atoms with van der Waals surface area (Å²) in [5, 5.41) is 11.6. The van der Waals surface area contributed by atoms with E-state index in [1.807, 2.05) is 0 Å². The van der Waals surface area contributed by atoms with E-state index in [4.69, 9.17) is 14.6 Å². The number of anilines is 1. The number of carbonyl (C=O) groups is 1. The summed E-state index contributed by atoms with van der Waals surface area (Å²) in [6.45, 7) is 0. The summed E-state index contributed by atoms with van der Waals surface area (Å²) in [6.07, 6.45) is 0. The largest absolute Gasteiger partial charge is 0.508 e. The van der Waals surface area contributed by atoms with Crippen LogP contribution in [-0.4, -0.2) is 25.2 Å². The van der Waals surface area contributed by atoms with Crippen LogP contribution >= 0.6 is 0 Å². The van der Waals surface area contributed by atoms with Crippen molar-refractivity contribution in [2.45, 2.75) is 0 Å². The zero-order valence-electron chi connectivity index (χ0n) is 11.5. The number of amides is 1. The predicted molar refractivity (Wildman–Crippen MR) is 75.6 cm³/mol. The molecular formula is C15H14FNO4. The first-order chi connectivity index (χ1) is 10.0. The minimum absolute atomic E-state index is 0.0392. The molecule has 1 amide bonds. The summed E-state index contributed by atoms with van der Waals surface area (Å²) < 4.78 is 23.8. The first kappa shape index (κ1) is 14.6. The minimum atomic E-state index is -0.731. The van der Waals surface area contributed by atoms with Crippen molar-refractivity contribution < 1.29 is 23.8 Å². The molecule has 0 spiro atoms. The molecule has 0 unspecified atom stereocenters. The molecular weight excluding hydrogens is 277 g/mol. The van der Waals surface area contributed by atoms with Gasteiger partial charge in [0.05, 0.1) is 25.5 Å². The molecule has 0 aliphatic carbocycles. The number of carbonyl (C=O) groups excluding carboxylic acids is 1. The lowest BCUT2D eigenvalue weighted by Gasteiger charge is -2.11. The van der Waals surface area contributed by atoms with Crippen LogP contribution in [0.2, 0.25) is 0 Å². The SMILES string of the molecule is COc1ccc(OC)c(C(=O)Nc2ccc(O)cc2F)c1. The van der Waals surface area contributed by atoms with E-state index in [0.717, 1.165) is 6.07 Å². The summed E-state index contributed by atoms with van der Waals surface area (Å²) in [5.74, 6) is -0.676. The van der Waals surface area contributed by atoms with Gasteiger partial charge < -0.3 is 19.9 Å². The van der Waals surface area contributed by atoms with E-state index in [-0.39, 0.29) is 17.0 Å². The highest BCUT2D eigenvalue weighted by Crippen LogP contribution is 2.26. The molecule has 0 aliphatic rings. The van der Waals surface area contributed by atoms with Crippen LogP contribution in [0.5, 0.6) is 17.2 Å². The maximum Gasteiger partial charge on any atom is 0.259 e. The van der Waals surface area contributed by atoms with Crippen molar-refractivity contribution in [1.29, 1.82) is 0 Å². The number of rotatable bonds is 4. The van der Waals surface area contributed by atoms with Gasteiger partial charge in [-0.2, -0.15) is 0 Å². The standard InChI is InChI=1S/C15H14FNO4/c1-20-10-4-6-14(21-2)11(8-10)15(19)17-13-5-3-9(18)7-12(13)16/h3-8,18H,1-2H3,(H,17,19). The molecule has 0 atom stereocenters. The Hall–Kier alpha value is -2.76. The summed E-state index contributed by atoms with van der Waals surface area (Å²) in [7, 11) is 2.91. The van der Waals surface area contributed by atoms with Crippen molar-refractivity contribution in [3.05, 3.63) is 47.8 Å². The normalized spacial score (nSPS) is 10.0. The van der Waals surface area contributed by atoms with Gasteiger partial charge >= 0.3 is 0 Å². The number of methoxy groups -OCH3 is 2. The first-order valence-corrected chi connectivity index (χ1v) is 6.07. The highest BCUT2D eigenvalue weighted by atomic mass is 19.1. The fraction of sp³-hybridized carbons (Fsp3) is 0.133. The summed E-state index contributed by atoms with van der Waals surface area (Å²) >= 11 is 0. The Bertz CT molecular complexity index is 673. The molecule has 0 bridgehead atoms. The second kappa shape index (κ2) is 6.13. The van der Waals surface area contributed by atoms with Gasteiger partial charge in [-0.15, -0.1) is 0 Å². The smallest absolute Gasteiger partial charge is 0.259 e. The number of phenolic OH excluding ortho intramolecular Hbond substituents is 1. The topological polar surface area (TPSA) is 67.8 Å². The fourth-order valence-electron chi connectivity index (χ4n) is 1.79. The number of hydrogen-bond acceptors (Lipinski definition) is 4. The molecule has 0 saturated carbocycles. The average molecular weight is 291 g/mol. The van der Waals surface area contributed by atoms with E-state index in [1.165, 1.54) is 32.4 Å². The van der Waals surface area contributed by atoms with Crippen LogP contribution in [0.3, 0.4) is 0 Å². The van der Waals surface area contributed by atoms with Crippen LogP contribution < -0.4 is 14.8 Å². The summed E-state index contributed by atoms with van der Waals surface area (Å²) in [6, 6.07) is 8.19. The van der Waals surface area contributed by atoms with Crippen molar-refractivity contribution in [2.75, 3.05) is 19.5 Å². The third kappa shape index (κ3) is 3.22. The number of nitrogens with one attached hydrogen (secondary N) is 1. The summed E-state index contributed by atoms with van der Waals surface area (Å²) in [4.78, 5) is 12.2. The molecule has 21 heavy (non-hydrogen) atoms. The Morgan fingerprint density at radius 1 is 1.14 bits per heavy atom. The molecule has 5 nitrogen and oxygen atoms in total. The van der Waals surface area contributed by atoms with E-state index >= 15 is 0 Å². The van der Waals surface area contributed by atoms with Crippen LogP contribution in [0.1, 0.15) is 10.4 Å². The van der Waals surface area contributed by atoms with Crippen molar-refractivity contribution in [3.8, 4) is 17.2 Å². The van der Waals surface area contributed by atoms with E-state index in [9.17, 15) is 9.18 Å². The van der Waals surface area contributed by atoms with Crippen molar-refractivity contribution in [2.24, 2.45) is 0 Å². The Labute approximate surface area is 120 Å². The number of phenols is 1. The maximum atomic E-state index is 13.6. The van der Waals surface area contributed by atoms with Gasteiger partial charge in [-0.25, -0.2) is 4.39 Å². The Morgan fingerprint density at radius 3 is 2.52 bits per heavy atom. The summed E-state index contributed by atoms with van der Waals surface area (Å²) in [5.41, 5.74) is 0.173. The molecule has 0 radical (unpaired) electrons. The Balaban J connectivity index is 2.31. The van der Waals surface area contributed by atoms with Crippen LogP contribution in [0.4, 0.5) is 10.1 Å². The number of benzene rings is 2. The van der Waals surface area contributed by atoms with Gasteiger partial charge in [0.25, 0.3) is 5.91 Å². The van der Waals surface area contributed by atoms with E-state index in [2.05, 4.69) is 5.32 Å². The van der Waals surface area contributed by atoms with Gasteiger partial charge in [-0.3, -0.25) is 4.79 Å². The minimum Gasteiger partial charge on any atom is -0.508 e. The number of ether oxygens (including phenoxy) is 2. The second-order valence-electron chi connectivity index (χ2n) is 4.18. The van der Waals surface area contributed by atoms with Gasteiger partial charge in [0.2, 0.25) is 0 Å². The molecule has 0 aromatic heterocycles. The zero-order valence-corrected chi connectivity index (χ0v) is 11.5. The molecule has 0 heterocycles. The van der Waals surface area contributed by atoms with Gasteiger partial charge in [0.1, 0.15) is 23.1 Å². The molecule has 0 fully saturated rings. The first-order valence-electron chi connectivity index (χ1n) is 6.07. The highest BCUT2D eigenvalue weighted by Gasteiger charge is 2.15. The molecule has 2 rings (SSSR count). The molecule has 0 aliphatic heterocycles. The zero-order chi connectivity index (χ0) is 15.4. The lowest BCUT2D eigenvalue weighted by Crippen LogP contribution is -2.14. The number of hydrogen-bond donors (Lipinski definition) is 2. The van der Waals surface area contributed by atoms with Gasteiger partial charge in [0.15, 0.2) is 0 Å². The van der Waals surface area contributed by atoms with E-state index in [1.54, 1.807) is 12.1 Å². The van der Waals surface area contributed by atoms with E-state index < -0.39 is 11.7 Å². The molecule has 110 valence electrons. The number of halogens is 1. The maximum absolute atomic E-state index is 13.6. The quantitative estimate of drug-likeness (QED) is 0.850. The highest BCUT2D eigenvalue weighted by molar-refractivity contribution is 6.06. The average Bonchev–Trinajstić information content (AvgIpc) is 2.49. The Kier molecular flexibility index (Phi) is 4.27. The van der Waals surface area contributed by atoms with Gasteiger partial charge in [0, 0.05) is 6.07 Å². The van der Waals surface area contributed by atoms with Crippen molar-refractivity contribution in [1.82, 2.24) is 0 Å². The monoisotopic (exact) mass is 291 g/mol. The lowest BCUT2D eigenvalue weighted by molar-refractivity contribution is 0.102. The van der Waals surface area contributed by atoms with Crippen molar-refractivity contribution in [3.63, 3.8) is 0 Å². The molecule has 2 N–H and O–H groups in total. The van der Waals surface area contributed by atoms with E-state index in [0.29, 0.717) is 11.5 Å². The third-order valence-corrected chi connectivity index (χ3v) is 2.85. The predicted octanol–water partition coefficient (Wildman–Crippen LogP) is 2.80. The van der Waals surface area contributed by atoms with Crippen LogP contribution in [0, 0.1) is 5.82 Å². The van der Waals surface area contributed by atoms with Gasteiger partial charge in [-0.05, 0) is 30.3 Å². The second-order valence-corrected chi connectivity index (χ2v) is 4.18. The van der Waals surface area contributed by atoms with Crippen molar-refractivity contribution >= 4 is 11.6 Å². The Morgan fingerprint density at radius 2 is 1.90 bits per heavy atom. The molecule has 0 saturated heterocycles. The lowest BCUT2D eigenvalue weighted by atomic mass is 10.1. The molecule has 2 aromatic rings. The van der Waals surface area contributed by atoms with Crippen LogP contribution in [-0.2, 0) is 0 Å². The molecule has 6 heteroatoms. The van der Waals surface area contributed by atoms with Crippen LogP contribution in [0.15, 0.2) is 36.4 Å². The fourth-order valence-corrected chi connectivity index (χ4v) is 1.79. The molecule has 2 aromatic carbocycles. The number of aromatic hydroxyl groups is 1.